The van der Waals surface area contributed by atoms with Crippen LogP contribution in [-0.4, -0.2) is 81.9 Å². The maximum atomic E-state index is 13.9. The molecule has 2 aromatic rings. The Morgan fingerprint density at radius 3 is 2.58 bits per heavy atom. The minimum Gasteiger partial charge on any atom is -0.493 e. The molecule has 3 aliphatic rings. The molecule has 1 aromatic heterocycles. The number of nitrogens with one attached hydrogen (secondary N) is 1. The Bertz CT molecular complexity index is 1160. The lowest BCUT2D eigenvalue weighted by molar-refractivity contribution is -0.147. The van der Waals surface area contributed by atoms with Gasteiger partial charge in [0.15, 0.2) is 0 Å². The Morgan fingerprint density at radius 2 is 1.97 bits per heavy atom. The molecule has 38 heavy (non-hydrogen) atoms. The first-order valence-electron chi connectivity index (χ1n) is 13.2. The van der Waals surface area contributed by atoms with Crippen LogP contribution < -0.4 is 10.1 Å². The van der Waals surface area contributed by atoms with Crippen LogP contribution in [0.1, 0.15) is 57.7 Å². The number of rotatable bonds is 9. The van der Waals surface area contributed by atoms with Gasteiger partial charge in [0, 0.05) is 36.1 Å². The number of aliphatic hydroxyl groups excluding tert-OH is 1. The summed E-state index contributed by atoms with van der Waals surface area (Å²) >= 11 is 3.42. The molecule has 206 valence electrons. The number of halogens is 1. The summed E-state index contributed by atoms with van der Waals surface area (Å²) in [6.07, 6.45) is 3.47. The predicted molar refractivity (Wildman–Crippen MR) is 143 cm³/mol. The van der Waals surface area contributed by atoms with Crippen molar-refractivity contribution in [2.45, 2.75) is 64.1 Å². The maximum absolute atomic E-state index is 13.9. The fraction of sp³-hybridized carbons (Fsp3) is 0.630. The lowest BCUT2D eigenvalue weighted by Gasteiger charge is -2.41. The van der Waals surface area contributed by atoms with Crippen LogP contribution in [0.5, 0.6) is 5.75 Å². The Morgan fingerprint density at radius 1 is 1.26 bits per heavy atom. The van der Waals surface area contributed by atoms with Crippen molar-refractivity contribution in [3.63, 3.8) is 0 Å². The third-order valence-corrected chi connectivity index (χ3v) is 8.05. The van der Waals surface area contributed by atoms with Gasteiger partial charge in [-0.15, -0.1) is 5.10 Å². The van der Waals surface area contributed by atoms with Crippen molar-refractivity contribution in [3.8, 4) is 5.75 Å². The molecular formula is C27H36BrN5O5. The Balaban J connectivity index is 1.25. The van der Waals surface area contributed by atoms with Gasteiger partial charge in [-0.2, -0.15) is 0 Å². The molecule has 1 aromatic carbocycles. The summed E-state index contributed by atoms with van der Waals surface area (Å²) in [5, 5.41) is 22.1. The number of likely N-dealkylation sites (tertiary alicyclic amines) is 1. The first kappa shape index (κ1) is 27.1. The van der Waals surface area contributed by atoms with Crippen molar-refractivity contribution >= 4 is 27.7 Å². The van der Waals surface area contributed by atoms with Gasteiger partial charge in [-0.1, -0.05) is 41.9 Å². The molecule has 0 spiro atoms. The fourth-order valence-corrected chi connectivity index (χ4v) is 5.38. The Kier molecular flexibility index (Phi) is 7.54. The molecule has 3 heterocycles. The number of ether oxygens (including phenoxy) is 2. The standard InChI is InChI=1S/C27H36BrN5O5/c1-26(2,3)23(33-12-21(30-31-33)17-4-5-17)25(36)32-11-19(34)10-22(32)24(35)29-13-27(14-37-15-27)16-38-20-8-6-18(28)7-9-20/h6-9,12,17,19,22-23,34H,4-5,10-11,13-16H2,1-3H3,(H,29,35)/t19?,22?,23-/m1/s1. The number of hydrogen-bond acceptors (Lipinski definition) is 7. The molecule has 2 saturated heterocycles. The topological polar surface area (TPSA) is 119 Å². The third kappa shape index (κ3) is 5.89. The summed E-state index contributed by atoms with van der Waals surface area (Å²) in [4.78, 5) is 28.8. The molecule has 2 amide bonds. The van der Waals surface area contributed by atoms with E-state index in [0.29, 0.717) is 32.3 Å². The molecule has 3 atom stereocenters. The number of nitrogens with zero attached hydrogens (tertiary/aromatic N) is 4. The van der Waals surface area contributed by atoms with Gasteiger partial charge in [-0.05, 0) is 42.5 Å². The van der Waals surface area contributed by atoms with Crippen LogP contribution in [-0.2, 0) is 14.3 Å². The molecule has 11 heteroatoms. The summed E-state index contributed by atoms with van der Waals surface area (Å²) in [6, 6.07) is 6.18. The quantitative estimate of drug-likeness (QED) is 0.461. The van der Waals surface area contributed by atoms with Crippen molar-refractivity contribution in [3.05, 3.63) is 40.6 Å². The van der Waals surface area contributed by atoms with E-state index in [1.54, 1.807) is 4.68 Å². The van der Waals surface area contributed by atoms with Gasteiger partial charge in [0.25, 0.3) is 0 Å². The van der Waals surface area contributed by atoms with E-state index in [1.807, 2.05) is 51.2 Å². The zero-order chi connectivity index (χ0) is 27.1. The summed E-state index contributed by atoms with van der Waals surface area (Å²) in [7, 11) is 0. The van der Waals surface area contributed by atoms with Crippen LogP contribution in [0.3, 0.4) is 0 Å². The fourth-order valence-electron chi connectivity index (χ4n) is 5.11. The van der Waals surface area contributed by atoms with Crippen molar-refractivity contribution < 1.29 is 24.2 Å². The number of β-amino-alcohol motifs (C(OH)–C–C–N with tert-alkyl or cyclic N) is 1. The lowest BCUT2D eigenvalue weighted by Crippen LogP contribution is -2.57. The second-order valence-corrected chi connectivity index (χ2v) is 12.9. The Hall–Kier alpha value is -2.50. The molecule has 2 unspecified atom stereocenters. The van der Waals surface area contributed by atoms with E-state index in [0.717, 1.165) is 28.8 Å². The van der Waals surface area contributed by atoms with Gasteiger partial charge in [-0.25, -0.2) is 4.68 Å². The lowest BCUT2D eigenvalue weighted by atomic mass is 9.85. The first-order valence-corrected chi connectivity index (χ1v) is 14.0. The number of carbonyl (C=O) groups excluding carboxylic acids is 2. The molecule has 2 N–H and O–H groups in total. The largest absolute Gasteiger partial charge is 0.493 e. The average molecular weight is 591 g/mol. The van der Waals surface area contributed by atoms with Crippen LogP contribution in [0, 0.1) is 10.8 Å². The number of amides is 2. The van der Waals surface area contributed by atoms with Crippen LogP contribution in [0.4, 0.5) is 0 Å². The molecule has 0 bridgehead atoms. The molecular weight excluding hydrogens is 554 g/mol. The van der Waals surface area contributed by atoms with Gasteiger partial charge in [0.05, 0.1) is 37.0 Å². The minimum atomic E-state index is -0.769. The van der Waals surface area contributed by atoms with E-state index < -0.39 is 23.6 Å². The van der Waals surface area contributed by atoms with Gasteiger partial charge in [-0.3, -0.25) is 9.59 Å². The van der Waals surface area contributed by atoms with E-state index in [4.69, 9.17) is 9.47 Å². The number of benzene rings is 1. The second-order valence-electron chi connectivity index (χ2n) is 12.0. The zero-order valence-electron chi connectivity index (χ0n) is 22.1. The molecule has 0 radical (unpaired) electrons. The monoisotopic (exact) mass is 589 g/mol. The predicted octanol–water partition coefficient (Wildman–Crippen LogP) is 2.68. The van der Waals surface area contributed by atoms with E-state index in [2.05, 4.69) is 31.6 Å². The normalized spacial score (nSPS) is 23.6. The van der Waals surface area contributed by atoms with E-state index >= 15 is 0 Å². The second kappa shape index (κ2) is 10.6. The van der Waals surface area contributed by atoms with Crippen LogP contribution in [0.2, 0.25) is 0 Å². The van der Waals surface area contributed by atoms with Crippen molar-refractivity contribution in [1.29, 1.82) is 0 Å². The summed E-state index contributed by atoms with van der Waals surface area (Å²) < 4.78 is 14.0. The van der Waals surface area contributed by atoms with Crippen LogP contribution >= 0.6 is 15.9 Å². The number of aromatic nitrogens is 3. The van der Waals surface area contributed by atoms with E-state index in [-0.39, 0.29) is 30.2 Å². The van der Waals surface area contributed by atoms with Crippen LogP contribution in [0.15, 0.2) is 34.9 Å². The highest BCUT2D eigenvalue weighted by molar-refractivity contribution is 9.10. The third-order valence-electron chi connectivity index (χ3n) is 7.52. The highest BCUT2D eigenvalue weighted by atomic mass is 79.9. The van der Waals surface area contributed by atoms with Crippen molar-refractivity contribution in [2.75, 3.05) is 32.9 Å². The van der Waals surface area contributed by atoms with Crippen LogP contribution in [0.25, 0.3) is 0 Å². The van der Waals surface area contributed by atoms with E-state index in [9.17, 15) is 14.7 Å². The number of aliphatic hydroxyl groups is 1. The van der Waals surface area contributed by atoms with Crippen molar-refractivity contribution in [2.24, 2.45) is 10.8 Å². The first-order chi connectivity index (χ1) is 18.0. The molecule has 1 saturated carbocycles. The van der Waals surface area contributed by atoms with Gasteiger partial charge < -0.3 is 24.8 Å². The molecule has 5 rings (SSSR count). The highest BCUT2D eigenvalue weighted by Gasteiger charge is 2.46. The van der Waals surface area contributed by atoms with Gasteiger partial charge in [0.1, 0.15) is 17.8 Å². The maximum Gasteiger partial charge on any atom is 0.248 e. The number of hydrogen-bond donors (Lipinski definition) is 2. The summed E-state index contributed by atoms with van der Waals surface area (Å²) in [6.45, 7) is 7.72. The molecule has 10 nitrogen and oxygen atoms in total. The van der Waals surface area contributed by atoms with Gasteiger partial charge >= 0.3 is 0 Å². The summed E-state index contributed by atoms with van der Waals surface area (Å²) in [5.41, 5.74) is 0.0850. The minimum absolute atomic E-state index is 0.106. The highest BCUT2D eigenvalue weighted by Crippen LogP contribution is 2.40. The smallest absolute Gasteiger partial charge is 0.248 e. The Labute approximate surface area is 231 Å². The molecule has 1 aliphatic carbocycles. The number of carbonyl (C=O) groups is 2. The average Bonchev–Trinajstić information content (AvgIpc) is 3.45. The molecule has 3 fully saturated rings. The summed E-state index contributed by atoms with van der Waals surface area (Å²) in [5.74, 6) is 0.645. The SMILES string of the molecule is CC(C)(C)[C@@H](C(=O)N1CC(O)CC1C(=O)NCC1(COc2ccc(Br)cc2)COC1)n1cc(C2CC2)nn1. The zero-order valence-corrected chi connectivity index (χ0v) is 23.7. The van der Waals surface area contributed by atoms with Crippen molar-refractivity contribution in [1.82, 2.24) is 25.2 Å². The van der Waals surface area contributed by atoms with Gasteiger partial charge in [0.2, 0.25) is 11.8 Å². The van der Waals surface area contributed by atoms with E-state index in [1.165, 1.54) is 4.90 Å². The molecule has 2 aliphatic heterocycles.